The number of rotatable bonds is 4. The molecule has 0 saturated carbocycles. The van der Waals surface area contributed by atoms with Gasteiger partial charge in [0, 0.05) is 11.6 Å². The van der Waals surface area contributed by atoms with E-state index in [0.29, 0.717) is 21.7 Å². The van der Waals surface area contributed by atoms with Crippen molar-refractivity contribution < 1.29 is 8.42 Å². The summed E-state index contributed by atoms with van der Waals surface area (Å²) in [5.74, 6) is -0.188. The van der Waals surface area contributed by atoms with Crippen LogP contribution < -0.4 is 5.73 Å². The quantitative estimate of drug-likeness (QED) is 0.811. The minimum Gasteiger partial charge on any atom is -0.398 e. The Kier molecular flexibility index (Phi) is 4.65. The Morgan fingerprint density at radius 3 is 2.71 bits per heavy atom. The zero-order valence-electron chi connectivity index (χ0n) is 11.6. The molecule has 0 fully saturated rings. The normalized spacial score (nSPS) is 11.8. The first-order valence-electron chi connectivity index (χ1n) is 6.25. The maximum atomic E-state index is 12.6. The summed E-state index contributed by atoms with van der Waals surface area (Å²) in [5.41, 5.74) is 7.32. The van der Waals surface area contributed by atoms with Crippen molar-refractivity contribution in [1.82, 2.24) is 9.78 Å². The number of hydrogen-bond donors (Lipinski definition) is 1. The molecule has 1 aromatic heterocycles. The Hall–Kier alpha value is -1.05. The molecule has 0 spiro atoms. The Labute approximate surface area is 137 Å². The molecule has 114 valence electrons. The number of nitrogens with zero attached hydrogens (tertiary/aromatic N) is 2. The molecule has 1 heterocycles. The van der Waals surface area contributed by atoms with Gasteiger partial charge in [0.1, 0.15) is 0 Å². The fraction of sp³-hybridized carbons (Fsp3) is 0.308. The lowest BCUT2D eigenvalue weighted by Crippen LogP contribution is -2.12. The van der Waals surface area contributed by atoms with E-state index in [1.165, 1.54) is 12.1 Å². The second-order valence-corrected chi connectivity index (χ2v) is 7.79. The molecule has 5 nitrogen and oxygen atoms in total. The van der Waals surface area contributed by atoms with E-state index in [0.717, 1.165) is 5.69 Å². The number of aromatic nitrogens is 2. The van der Waals surface area contributed by atoms with Crippen LogP contribution in [-0.4, -0.2) is 18.2 Å². The highest BCUT2D eigenvalue weighted by atomic mass is 79.9. The minimum absolute atomic E-state index is 0.0448. The highest BCUT2D eigenvalue weighted by Crippen LogP contribution is 2.29. The third kappa shape index (κ3) is 3.25. The Balaban J connectivity index is 2.50. The monoisotopic (exact) mass is 391 g/mol. The molecule has 0 saturated heterocycles. The SMILES string of the molecule is CCn1nc(C)c(Br)c1CS(=O)(=O)c1cc(Cl)ccc1N. The predicted octanol–water partition coefficient (Wildman–Crippen LogP) is 3.18. The maximum absolute atomic E-state index is 12.6. The highest BCUT2D eigenvalue weighted by molar-refractivity contribution is 9.10. The predicted molar refractivity (Wildman–Crippen MR) is 87.1 cm³/mol. The van der Waals surface area contributed by atoms with Crippen molar-refractivity contribution in [3.63, 3.8) is 0 Å². The first-order valence-corrected chi connectivity index (χ1v) is 9.08. The van der Waals surface area contributed by atoms with Crippen LogP contribution in [-0.2, 0) is 22.1 Å². The van der Waals surface area contributed by atoms with Gasteiger partial charge in [-0.2, -0.15) is 5.10 Å². The van der Waals surface area contributed by atoms with Gasteiger partial charge < -0.3 is 5.73 Å². The Morgan fingerprint density at radius 1 is 1.43 bits per heavy atom. The summed E-state index contributed by atoms with van der Waals surface area (Å²) < 4.78 is 27.6. The number of hydrogen-bond acceptors (Lipinski definition) is 4. The molecule has 0 bridgehead atoms. The molecule has 0 aliphatic heterocycles. The lowest BCUT2D eigenvalue weighted by atomic mass is 10.3. The Bertz CT molecular complexity index is 787. The topological polar surface area (TPSA) is 78.0 Å². The van der Waals surface area contributed by atoms with Crippen LogP contribution in [0.25, 0.3) is 0 Å². The highest BCUT2D eigenvalue weighted by Gasteiger charge is 2.24. The van der Waals surface area contributed by atoms with Crippen LogP contribution in [0.4, 0.5) is 5.69 Å². The summed E-state index contributed by atoms with van der Waals surface area (Å²) in [6.45, 7) is 4.31. The number of anilines is 1. The fourth-order valence-corrected chi connectivity index (χ4v) is 4.43. The molecule has 0 radical (unpaired) electrons. The van der Waals surface area contributed by atoms with Gasteiger partial charge in [-0.15, -0.1) is 0 Å². The number of aryl methyl sites for hydroxylation is 2. The molecule has 0 amide bonds. The fourth-order valence-electron chi connectivity index (χ4n) is 2.04. The second-order valence-electron chi connectivity index (χ2n) is 4.60. The summed E-state index contributed by atoms with van der Waals surface area (Å²) in [6, 6.07) is 4.43. The zero-order valence-corrected chi connectivity index (χ0v) is 14.8. The second kappa shape index (κ2) is 5.98. The van der Waals surface area contributed by atoms with E-state index in [9.17, 15) is 8.42 Å². The average Bonchev–Trinajstić information content (AvgIpc) is 2.68. The van der Waals surface area contributed by atoms with Crippen LogP contribution in [0, 0.1) is 6.92 Å². The molecule has 1 aromatic carbocycles. The van der Waals surface area contributed by atoms with E-state index < -0.39 is 9.84 Å². The average molecular weight is 393 g/mol. The van der Waals surface area contributed by atoms with Gasteiger partial charge in [0.2, 0.25) is 0 Å². The van der Waals surface area contributed by atoms with E-state index >= 15 is 0 Å². The van der Waals surface area contributed by atoms with Crippen molar-refractivity contribution in [2.24, 2.45) is 0 Å². The van der Waals surface area contributed by atoms with Crippen molar-refractivity contribution in [2.75, 3.05) is 5.73 Å². The molecule has 0 unspecified atom stereocenters. The van der Waals surface area contributed by atoms with Crippen LogP contribution in [0.1, 0.15) is 18.3 Å². The van der Waals surface area contributed by atoms with Crippen molar-refractivity contribution in [3.8, 4) is 0 Å². The third-order valence-corrected chi connectivity index (χ3v) is 6.03. The molecule has 0 aliphatic rings. The number of sulfone groups is 1. The number of nitrogen functional groups attached to an aromatic ring is 1. The molecule has 0 atom stereocenters. The van der Waals surface area contributed by atoms with Crippen LogP contribution in [0.5, 0.6) is 0 Å². The Morgan fingerprint density at radius 2 is 2.10 bits per heavy atom. The van der Waals surface area contributed by atoms with E-state index in [2.05, 4.69) is 21.0 Å². The van der Waals surface area contributed by atoms with Crippen LogP contribution in [0.2, 0.25) is 5.02 Å². The molecule has 0 aliphatic carbocycles. The van der Waals surface area contributed by atoms with Gasteiger partial charge in [-0.25, -0.2) is 8.42 Å². The van der Waals surface area contributed by atoms with Gasteiger partial charge in [0.05, 0.1) is 32.2 Å². The number of benzene rings is 1. The summed E-state index contributed by atoms with van der Waals surface area (Å²) >= 11 is 9.27. The number of nitrogens with two attached hydrogens (primary N) is 1. The molecular formula is C13H15BrClN3O2S. The van der Waals surface area contributed by atoms with Crippen molar-refractivity contribution in [3.05, 3.63) is 39.1 Å². The van der Waals surface area contributed by atoms with Gasteiger partial charge in [0.25, 0.3) is 0 Å². The molecule has 2 rings (SSSR count). The molecule has 8 heteroatoms. The number of halogens is 2. The smallest absolute Gasteiger partial charge is 0.186 e. The standard InChI is InChI=1S/C13H15BrClN3O2S/c1-3-18-11(13(14)8(2)17-18)7-21(19,20)12-6-9(15)4-5-10(12)16/h4-6H,3,7,16H2,1-2H3. The molecule has 2 aromatic rings. The van der Waals surface area contributed by atoms with E-state index in [-0.39, 0.29) is 16.3 Å². The van der Waals surface area contributed by atoms with Crippen LogP contribution in [0.15, 0.2) is 27.6 Å². The van der Waals surface area contributed by atoms with Crippen LogP contribution >= 0.6 is 27.5 Å². The van der Waals surface area contributed by atoms with Gasteiger partial charge in [0.15, 0.2) is 9.84 Å². The van der Waals surface area contributed by atoms with Crippen molar-refractivity contribution in [2.45, 2.75) is 31.0 Å². The first kappa shape index (κ1) is 16.3. The van der Waals surface area contributed by atoms with E-state index in [1.54, 1.807) is 10.7 Å². The maximum Gasteiger partial charge on any atom is 0.186 e. The van der Waals surface area contributed by atoms with Gasteiger partial charge >= 0.3 is 0 Å². The summed E-state index contributed by atoms with van der Waals surface area (Å²) in [6.07, 6.45) is 0. The molecule has 2 N–H and O–H groups in total. The lowest BCUT2D eigenvalue weighted by molar-refractivity contribution is 0.585. The van der Waals surface area contributed by atoms with Gasteiger partial charge in [-0.3, -0.25) is 4.68 Å². The lowest BCUT2D eigenvalue weighted by Gasteiger charge is -2.10. The van der Waals surface area contributed by atoms with E-state index in [1.807, 2.05) is 13.8 Å². The van der Waals surface area contributed by atoms with E-state index in [4.69, 9.17) is 17.3 Å². The van der Waals surface area contributed by atoms with Gasteiger partial charge in [-0.05, 0) is 48.0 Å². The zero-order chi connectivity index (χ0) is 15.8. The largest absolute Gasteiger partial charge is 0.398 e. The van der Waals surface area contributed by atoms with Crippen molar-refractivity contribution >= 4 is 43.1 Å². The van der Waals surface area contributed by atoms with Crippen molar-refractivity contribution in [1.29, 1.82) is 0 Å². The minimum atomic E-state index is -3.61. The van der Waals surface area contributed by atoms with Gasteiger partial charge in [-0.1, -0.05) is 11.6 Å². The molecular weight excluding hydrogens is 378 g/mol. The molecule has 21 heavy (non-hydrogen) atoms. The summed E-state index contributed by atoms with van der Waals surface area (Å²) in [5, 5.41) is 4.63. The van der Waals surface area contributed by atoms with Crippen LogP contribution in [0.3, 0.4) is 0 Å². The third-order valence-electron chi connectivity index (χ3n) is 3.09. The summed E-state index contributed by atoms with van der Waals surface area (Å²) in [4.78, 5) is 0.0448. The summed E-state index contributed by atoms with van der Waals surface area (Å²) in [7, 11) is -3.61. The first-order chi connectivity index (χ1) is 9.76.